The number of carboxylic acids is 1. The van der Waals surface area contributed by atoms with Crippen LogP contribution in [-0.2, 0) is 17.6 Å². The standard InChI is InChI=1S/C23H28N2O2.ClH/c1-17(24-14-6-9-20(16-24)23(26)27)15-25-21-10-4-2-7-18(21)12-13-19-8-3-5-11-22(19)25;/h2-5,7-8,10-11,17,20H,6,9,12-16H2,1H3,(H,26,27);1H/t17?,20-;/m1./s1. The Morgan fingerprint density at radius 3 is 2.21 bits per heavy atom. The number of fused-ring (bicyclic) bond motifs is 2. The number of rotatable bonds is 4. The van der Waals surface area contributed by atoms with Gasteiger partial charge < -0.3 is 10.0 Å². The van der Waals surface area contributed by atoms with Crippen LogP contribution in [0.3, 0.4) is 0 Å². The molecule has 0 amide bonds. The van der Waals surface area contributed by atoms with Crippen molar-refractivity contribution in [3.63, 3.8) is 0 Å². The van der Waals surface area contributed by atoms with Gasteiger partial charge in [0.1, 0.15) is 0 Å². The first-order valence-corrected chi connectivity index (χ1v) is 10.0. The predicted molar refractivity (Wildman–Crippen MR) is 116 cm³/mol. The highest BCUT2D eigenvalue weighted by Gasteiger charge is 2.30. The number of halogens is 1. The minimum atomic E-state index is -0.655. The molecule has 150 valence electrons. The van der Waals surface area contributed by atoms with Gasteiger partial charge in [-0.25, -0.2) is 0 Å². The maximum absolute atomic E-state index is 11.4. The summed E-state index contributed by atoms with van der Waals surface area (Å²) in [6.45, 7) is 4.76. The van der Waals surface area contributed by atoms with Crippen LogP contribution < -0.4 is 4.90 Å². The van der Waals surface area contributed by atoms with Gasteiger partial charge in [0, 0.05) is 30.5 Å². The van der Waals surface area contributed by atoms with E-state index in [0.717, 1.165) is 38.8 Å². The highest BCUT2D eigenvalue weighted by Crippen LogP contribution is 2.36. The molecule has 0 aliphatic carbocycles. The number of nitrogens with zero attached hydrogens (tertiary/aromatic N) is 2. The van der Waals surface area contributed by atoms with Crippen LogP contribution in [0, 0.1) is 5.92 Å². The van der Waals surface area contributed by atoms with E-state index in [1.807, 2.05) is 0 Å². The van der Waals surface area contributed by atoms with Crippen molar-refractivity contribution in [2.24, 2.45) is 5.92 Å². The van der Waals surface area contributed by atoms with Gasteiger partial charge >= 0.3 is 5.97 Å². The fourth-order valence-electron chi connectivity index (χ4n) is 4.55. The lowest BCUT2D eigenvalue weighted by Gasteiger charge is -2.38. The lowest BCUT2D eigenvalue weighted by molar-refractivity contribution is -0.143. The smallest absolute Gasteiger partial charge is 0.307 e. The van der Waals surface area contributed by atoms with Gasteiger partial charge in [0.05, 0.1) is 5.92 Å². The molecule has 0 spiro atoms. The molecule has 28 heavy (non-hydrogen) atoms. The molecule has 4 rings (SSSR count). The second-order valence-electron chi connectivity index (χ2n) is 7.89. The van der Waals surface area contributed by atoms with Gasteiger partial charge in [0.15, 0.2) is 0 Å². The van der Waals surface area contributed by atoms with Crippen molar-refractivity contribution in [2.75, 3.05) is 24.5 Å². The second-order valence-corrected chi connectivity index (χ2v) is 7.89. The average molecular weight is 401 g/mol. The highest BCUT2D eigenvalue weighted by molar-refractivity contribution is 5.85. The van der Waals surface area contributed by atoms with E-state index in [9.17, 15) is 9.90 Å². The Morgan fingerprint density at radius 1 is 1.07 bits per heavy atom. The third-order valence-corrected chi connectivity index (χ3v) is 6.10. The SMILES string of the molecule is CC(CN1c2ccccc2CCc2ccccc21)N1CCC[C@@H](C(=O)O)C1.Cl. The zero-order chi connectivity index (χ0) is 18.8. The molecule has 1 N–H and O–H groups in total. The molecule has 2 heterocycles. The van der Waals surface area contributed by atoms with E-state index in [2.05, 4.69) is 65.3 Å². The lowest BCUT2D eigenvalue weighted by Crippen LogP contribution is -2.47. The normalized spacial score (nSPS) is 20.3. The number of piperidine rings is 1. The molecule has 2 aromatic rings. The van der Waals surface area contributed by atoms with Crippen molar-refractivity contribution < 1.29 is 9.90 Å². The van der Waals surface area contributed by atoms with Crippen molar-refractivity contribution >= 4 is 29.8 Å². The largest absolute Gasteiger partial charge is 0.481 e. The summed E-state index contributed by atoms with van der Waals surface area (Å²) in [5.74, 6) is -0.887. The van der Waals surface area contributed by atoms with Gasteiger partial charge in [0.2, 0.25) is 0 Å². The molecule has 0 bridgehead atoms. The topological polar surface area (TPSA) is 43.8 Å². The number of benzene rings is 2. The summed E-state index contributed by atoms with van der Waals surface area (Å²) in [4.78, 5) is 16.3. The number of carboxylic acid groups (broad SMARTS) is 1. The second kappa shape index (κ2) is 8.97. The summed E-state index contributed by atoms with van der Waals surface area (Å²) in [5.41, 5.74) is 5.37. The lowest BCUT2D eigenvalue weighted by atomic mass is 9.97. The average Bonchev–Trinajstić information content (AvgIpc) is 2.86. The van der Waals surface area contributed by atoms with E-state index in [4.69, 9.17) is 0 Å². The first kappa shape index (κ1) is 20.7. The van der Waals surface area contributed by atoms with E-state index in [0.29, 0.717) is 12.6 Å². The Morgan fingerprint density at radius 2 is 1.64 bits per heavy atom. The molecule has 1 fully saturated rings. The minimum Gasteiger partial charge on any atom is -0.481 e. The van der Waals surface area contributed by atoms with Gasteiger partial charge in [-0.05, 0) is 62.4 Å². The third-order valence-electron chi connectivity index (χ3n) is 6.10. The van der Waals surface area contributed by atoms with Crippen molar-refractivity contribution in [1.82, 2.24) is 4.90 Å². The Hall–Kier alpha value is -2.04. The molecule has 1 unspecified atom stereocenters. The van der Waals surface area contributed by atoms with E-state index in [1.165, 1.54) is 22.5 Å². The van der Waals surface area contributed by atoms with E-state index in [1.54, 1.807) is 0 Å². The predicted octanol–water partition coefficient (Wildman–Crippen LogP) is 4.53. The van der Waals surface area contributed by atoms with Crippen LogP contribution in [0.4, 0.5) is 11.4 Å². The molecule has 0 radical (unpaired) electrons. The Kier molecular flexibility index (Phi) is 6.63. The highest BCUT2D eigenvalue weighted by atomic mass is 35.5. The third kappa shape index (κ3) is 4.18. The fourth-order valence-corrected chi connectivity index (χ4v) is 4.55. The molecule has 2 aliphatic rings. The zero-order valence-electron chi connectivity index (χ0n) is 16.4. The fraction of sp³-hybridized carbons (Fsp3) is 0.435. The van der Waals surface area contributed by atoms with Gasteiger partial charge in [-0.3, -0.25) is 9.69 Å². The van der Waals surface area contributed by atoms with Crippen LogP contribution in [0.15, 0.2) is 48.5 Å². The number of hydrogen-bond donors (Lipinski definition) is 1. The van der Waals surface area contributed by atoms with Gasteiger partial charge in [-0.1, -0.05) is 36.4 Å². The monoisotopic (exact) mass is 400 g/mol. The summed E-state index contributed by atoms with van der Waals surface area (Å²) in [6.07, 6.45) is 3.88. The molecule has 0 saturated carbocycles. The summed E-state index contributed by atoms with van der Waals surface area (Å²) in [5, 5.41) is 9.42. The van der Waals surface area contributed by atoms with Crippen LogP contribution >= 0.6 is 12.4 Å². The Bertz CT molecular complexity index is 778. The van der Waals surface area contributed by atoms with Crippen LogP contribution in [0.1, 0.15) is 30.9 Å². The van der Waals surface area contributed by atoms with Crippen LogP contribution in [-0.4, -0.2) is 41.7 Å². The summed E-state index contributed by atoms with van der Waals surface area (Å²) in [7, 11) is 0. The molecule has 2 aliphatic heterocycles. The number of aryl methyl sites for hydroxylation is 2. The number of aliphatic carboxylic acids is 1. The number of anilines is 2. The number of para-hydroxylation sites is 2. The van der Waals surface area contributed by atoms with Crippen LogP contribution in [0.5, 0.6) is 0 Å². The molecule has 5 heteroatoms. The number of hydrogen-bond acceptors (Lipinski definition) is 3. The molecule has 2 atom stereocenters. The first-order chi connectivity index (χ1) is 13.1. The number of likely N-dealkylation sites (tertiary alicyclic amines) is 1. The van der Waals surface area contributed by atoms with Gasteiger partial charge in [0.25, 0.3) is 0 Å². The van der Waals surface area contributed by atoms with E-state index < -0.39 is 5.97 Å². The van der Waals surface area contributed by atoms with E-state index >= 15 is 0 Å². The zero-order valence-corrected chi connectivity index (χ0v) is 17.2. The van der Waals surface area contributed by atoms with E-state index in [-0.39, 0.29) is 18.3 Å². The molecule has 0 aromatic heterocycles. The van der Waals surface area contributed by atoms with Crippen LogP contribution in [0.25, 0.3) is 0 Å². The molecule has 1 saturated heterocycles. The molecular weight excluding hydrogens is 372 g/mol. The summed E-state index contributed by atoms with van der Waals surface area (Å²) >= 11 is 0. The Balaban J connectivity index is 0.00000225. The van der Waals surface area contributed by atoms with Crippen molar-refractivity contribution in [1.29, 1.82) is 0 Å². The first-order valence-electron chi connectivity index (χ1n) is 10.0. The molecule has 2 aromatic carbocycles. The summed E-state index contributed by atoms with van der Waals surface area (Å²) < 4.78 is 0. The number of carbonyl (C=O) groups is 1. The maximum atomic E-state index is 11.4. The van der Waals surface area contributed by atoms with Gasteiger partial charge in [-0.15, -0.1) is 12.4 Å². The van der Waals surface area contributed by atoms with Crippen molar-refractivity contribution in [3.05, 3.63) is 59.7 Å². The maximum Gasteiger partial charge on any atom is 0.307 e. The Labute approximate surface area is 173 Å². The minimum absolute atomic E-state index is 0. The van der Waals surface area contributed by atoms with Crippen molar-refractivity contribution in [2.45, 2.75) is 38.6 Å². The molecular formula is C23H29ClN2O2. The van der Waals surface area contributed by atoms with Crippen LogP contribution in [0.2, 0.25) is 0 Å². The quantitative estimate of drug-likeness (QED) is 0.818. The van der Waals surface area contributed by atoms with Gasteiger partial charge in [-0.2, -0.15) is 0 Å². The van der Waals surface area contributed by atoms with Crippen molar-refractivity contribution in [3.8, 4) is 0 Å². The summed E-state index contributed by atoms with van der Waals surface area (Å²) in [6, 6.07) is 17.7. The molecule has 4 nitrogen and oxygen atoms in total.